The fraction of sp³-hybridized carbons (Fsp3) is 0.786. The Morgan fingerprint density at radius 3 is 2.64 bits per heavy atom. The number of hydrogen-bond acceptors (Lipinski definition) is 4. The lowest BCUT2D eigenvalue weighted by Gasteiger charge is -2.38. The van der Waals surface area contributed by atoms with Crippen LogP contribution >= 0.6 is 0 Å². The lowest BCUT2D eigenvalue weighted by atomic mass is 10.1. The van der Waals surface area contributed by atoms with Gasteiger partial charge in [-0.1, -0.05) is 0 Å². The molecule has 0 saturated carbocycles. The molecule has 2 aliphatic heterocycles. The van der Waals surface area contributed by atoms with Crippen molar-refractivity contribution in [2.45, 2.75) is 38.3 Å². The van der Waals surface area contributed by atoms with Crippen molar-refractivity contribution in [2.24, 2.45) is 0 Å². The predicted octanol–water partition coefficient (Wildman–Crippen LogP) is -0.429. The molecular formula is C14H23N3O5. The minimum Gasteiger partial charge on any atom is -0.465 e. The zero-order chi connectivity index (χ0) is 16.3. The van der Waals surface area contributed by atoms with Gasteiger partial charge in [0.25, 0.3) is 0 Å². The number of carbonyl (C=O) groups is 3. The van der Waals surface area contributed by atoms with Crippen molar-refractivity contribution < 1.29 is 24.6 Å². The van der Waals surface area contributed by atoms with Crippen LogP contribution in [0.4, 0.5) is 4.79 Å². The molecule has 0 aromatic carbocycles. The molecule has 0 bridgehead atoms. The molecule has 0 aromatic rings. The number of rotatable bonds is 3. The number of likely N-dealkylation sites (tertiary alicyclic amines) is 1. The van der Waals surface area contributed by atoms with Gasteiger partial charge in [-0.2, -0.15) is 0 Å². The van der Waals surface area contributed by atoms with Gasteiger partial charge in [-0.25, -0.2) is 4.79 Å². The minimum atomic E-state index is -1.10. The number of carbonyl (C=O) groups excluding carboxylic acids is 2. The van der Waals surface area contributed by atoms with Gasteiger partial charge in [0.05, 0.1) is 6.10 Å². The van der Waals surface area contributed by atoms with Crippen LogP contribution in [0.2, 0.25) is 0 Å². The topological polar surface area (TPSA) is 101 Å². The molecule has 3 amide bonds. The number of carboxylic acid groups (broad SMARTS) is 1. The molecule has 2 aliphatic rings. The Morgan fingerprint density at radius 2 is 2.00 bits per heavy atom. The van der Waals surface area contributed by atoms with Gasteiger partial charge in [0.2, 0.25) is 11.8 Å². The molecule has 2 atom stereocenters. The number of aliphatic hydroxyl groups is 1. The Hall–Kier alpha value is -1.83. The third kappa shape index (κ3) is 3.68. The Kier molecular flexibility index (Phi) is 5.23. The molecule has 22 heavy (non-hydrogen) atoms. The maximum absolute atomic E-state index is 12.1. The van der Waals surface area contributed by atoms with Crippen LogP contribution in [0.3, 0.4) is 0 Å². The summed E-state index contributed by atoms with van der Waals surface area (Å²) in [6.45, 7) is 3.43. The number of piperidine rings is 1. The summed E-state index contributed by atoms with van der Waals surface area (Å²) in [5.41, 5.74) is 0. The Balaban J connectivity index is 1.83. The molecule has 0 radical (unpaired) electrons. The van der Waals surface area contributed by atoms with E-state index in [2.05, 4.69) is 0 Å². The molecule has 2 unspecified atom stereocenters. The van der Waals surface area contributed by atoms with E-state index in [1.807, 2.05) is 0 Å². The van der Waals surface area contributed by atoms with Crippen LogP contribution in [0, 0.1) is 0 Å². The van der Waals surface area contributed by atoms with E-state index in [-0.39, 0.29) is 24.8 Å². The summed E-state index contributed by atoms with van der Waals surface area (Å²) in [5, 5.41) is 18.6. The summed E-state index contributed by atoms with van der Waals surface area (Å²) in [5.74, 6) is -0.333. The average molecular weight is 313 g/mol. The van der Waals surface area contributed by atoms with Crippen LogP contribution in [-0.4, -0.2) is 87.7 Å². The van der Waals surface area contributed by atoms with Crippen LogP contribution in [0.15, 0.2) is 0 Å². The summed E-state index contributed by atoms with van der Waals surface area (Å²) < 4.78 is 0. The van der Waals surface area contributed by atoms with Crippen LogP contribution in [0.25, 0.3) is 0 Å². The van der Waals surface area contributed by atoms with Crippen molar-refractivity contribution >= 4 is 17.9 Å². The third-order valence-corrected chi connectivity index (χ3v) is 4.34. The lowest BCUT2D eigenvalue weighted by Crippen LogP contribution is -2.57. The van der Waals surface area contributed by atoms with E-state index in [1.165, 1.54) is 0 Å². The molecule has 2 rings (SSSR count). The Labute approximate surface area is 129 Å². The zero-order valence-corrected chi connectivity index (χ0v) is 12.8. The van der Waals surface area contributed by atoms with Crippen LogP contribution in [0.1, 0.15) is 26.2 Å². The molecule has 0 spiro atoms. The van der Waals surface area contributed by atoms with E-state index >= 15 is 0 Å². The summed E-state index contributed by atoms with van der Waals surface area (Å²) in [6.07, 6.45) is 0.160. The summed E-state index contributed by atoms with van der Waals surface area (Å²) in [7, 11) is 0. The second-order valence-electron chi connectivity index (χ2n) is 5.86. The highest BCUT2D eigenvalue weighted by Gasteiger charge is 2.34. The third-order valence-electron chi connectivity index (χ3n) is 4.34. The lowest BCUT2D eigenvalue weighted by molar-refractivity contribution is -0.141. The number of piperazine rings is 1. The summed E-state index contributed by atoms with van der Waals surface area (Å²) >= 11 is 0. The molecule has 2 heterocycles. The zero-order valence-electron chi connectivity index (χ0n) is 12.8. The molecule has 2 fully saturated rings. The molecule has 2 N–H and O–H groups in total. The first kappa shape index (κ1) is 16.5. The van der Waals surface area contributed by atoms with Crippen LogP contribution in [-0.2, 0) is 9.59 Å². The fourth-order valence-electron chi connectivity index (χ4n) is 2.98. The van der Waals surface area contributed by atoms with Crippen LogP contribution in [0.5, 0.6) is 0 Å². The number of amides is 3. The molecule has 124 valence electrons. The molecular weight excluding hydrogens is 290 g/mol. The monoisotopic (exact) mass is 313 g/mol. The van der Waals surface area contributed by atoms with Crippen LogP contribution < -0.4 is 0 Å². The highest BCUT2D eigenvalue weighted by Crippen LogP contribution is 2.14. The summed E-state index contributed by atoms with van der Waals surface area (Å²) in [6, 6.07) is -0.710. The fourth-order valence-corrected chi connectivity index (χ4v) is 2.98. The molecule has 0 aliphatic carbocycles. The quantitative estimate of drug-likeness (QED) is 0.736. The van der Waals surface area contributed by atoms with Crippen molar-refractivity contribution in [3.05, 3.63) is 0 Å². The van der Waals surface area contributed by atoms with Crippen molar-refractivity contribution in [3.63, 3.8) is 0 Å². The average Bonchev–Trinajstić information content (AvgIpc) is 2.48. The van der Waals surface area contributed by atoms with Gasteiger partial charge in [-0.05, 0) is 19.8 Å². The summed E-state index contributed by atoms with van der Waals surface area (Å²) in [4.78, 5) is 39.5. The predicted molar refractivity (Wildman–Crippen MR) is 77.2 cm³/mol. The maximum atomic E-state index is 12.1. The normalized spacial score (nSPS) is 26.3. The van der Waals surface area contributed by atoms with Crippen molar-refractivity contribution in [2.75, 3.05) is 32.7 Å². The second kappa shape index (κ2) is 6.95. The first-order valence-corrected chi connectivity index (χ1v) is 7.64. The maximum Gasteiger partial charge on any atom is 0.408 e. The molecule has 2 saturated heterocycles. The van der Waals surface area contributed by atoms with Crippen molar-refractivity contribution in [3.8, 4) is 0 Å². The highest BCUT2D eigenvalue weighted by molar-refractivity contribution is 5.86. The highest BCUT2D eigenvalue weighted by atomic mass is 16.4. The largest absolute Gasteiger partial charge is 0.465 e. The van der Waals surface area contributed by atoms with Gasteiger partial charge < -0.3 is 20.0 Å². The number of β-amino-alcohol motifs (C(OH)–C–C–N with tert-alkyl or cyclic N) is 1. The smallest absolute Gasteiger partial charge is 0.408 e. The molecule has 0 aromatic heterocycles. The second-order valence-corrected chi connectivity index (χ2v) is 5.86. The SMILES string of the molecule is CC1C(=O)N(CCC(=O)N2CCCC(O)C2)CCN1C(=O)O. The van der Waals surface area contributed by atoms with Crippen molar-refractivity contribution in [1.29, 1.82) is 0 Å². The molecule has 8 heteroatoms. The standard InChI is InChI=1S/C14H23N3O5/c1-10-13(20)15(7-8-17(10)14(21)22)6-4-12(19)16-5-2-3-11(18)9-16/h10-11,18H,2-9H2,1H3,(H,21,22). The van der Waals surface area contributed by atoms with E-state index in [1.54, 1.807) is 16.7 Å². The van der Waals surface area contributed by atoms with Gasteiger partial charge in [-0.3, -0.25) is 14.5 Å². The molecule has 8 nitrogen and oxygen atoms in total. The van der Waals surface area contributed by atoms with Gasteiger partial charge >= 0.3 is 6.09 Å². The number of nitrogens with zero attached hydrogens (tertiary/aromatic N) is 3. The minimum absolute atomic E-state index is 0.0696. The van der Waals surface area contributed by atoms with E-state index in [0.29, 0.717) is 26.2 Å². The van der Waals surface area contributed by atoms with Gasteiger partial charge in [0, 0.05) is 39.1 Å². The Morgan fingerprint density at radius 1 is 1.27 bits per heavy atom. The van der Waals surface area contributed by atoms with E-state index < -0.39 is 18.2 Å². The van der Waals surface area contributed by atoms with E-state index in [9.17, 15) is 19.5 Å². The number of aliphatic hydroxyl groups excluding tert-OH is 1. The Bertz CT molecular complexity index is 456. The first-order valence-electron chi connectivity index (χ1n) is 7.64. The van der Waals surface area contributed by atoms with Gasteiger partial charge in [0.1, 0.15) is 6.04 Å². The van der Waals surface area contributed by atoms with Crippen molar-refractivity contribution in [1.82, 2.24) is 14.7 Å². The van der Waals surface area contributed by atoms with Gasteiger partial charge in [0.15, 0.2) is 0 Å². The van der Waals surface area contributed by atoms with E-state index in [0.717, 1.165) is 17.7 Å². The first-order chi connectivity index (χ1) is 10.4. The number of hydrogen-bond donors (Lipinski definition) is 2. The van der Waals surface area contributed by atoms with E-state index in [4.69, 9.17) is 5.11 Å². The van der Waals surface area contributed by atoms with Gasteiger partial charge in [-0.15, -0.1) is 0 Å².